The van der Waals surface area contributed by atoms with E-state index in [9.17, 15) is 0 Å². The van der Waals surface area contributed by atoms with E-state index in [0.29, 0.717) is 0 Å². The number of hydrogen-bond donors (Lipinski definition) is 0. The maximum atomic E-state index is 5.83. The molecule has 0 saturated carbocycles. The van der Waals surface area contributed by atoms with Gasteiger partial charge in [0.25, 0.3) is 0 Å². The van der Waals surface area contributed by atoms with Crippen molar-refractivity contribution >= 4 is 0 Å². The van der Waals surface area contributed by atoms with E-state index in [4.69, 9.17) is 4.74 Å². The largest absolute Gasteiger partial charge is 0.360 e. The number of ether oxygens (including phenoxy) is 1. The van der Waals surface area contributed by atoms with Crippen molar-refractivity contribution < 1.29 is 4.74 Å². The summed E-state index contributed by atoms with van der Waals surface area (Å²) in [7, 11) is 0. The number of rotatable bonds is 0. The molecule has 0 aromatic heterocycles. The van der Waals surface area contributed by atoms with Crippen molar-refractivity contribution in [2.75, 3.05) is 6.61 Å². The highest BCUT2D eigenvalue weighted by atomic mass is 16.5. The van der Waals surface area contributed by atoms with Crippen LogP contribution in [0, 0.1) is 11.8 Å². The summed E-state index contributed by atoms with van der Waals surface area (Å²) >= 11 is 0. The van der Waals surface area contributed by atoms with E-state index in [1.54, 1.807) is 0 Å². The Morgan fingerprint density at radius 3 is 2.45 bits per heavy atom. The van der Waals surface area contributed by atoms with Gasteiger partial charge in [-0.15, -0.1) is 0 Å². The minimum Gasteiger partial charge on any atom is -0.360 e. The van der Waals surface area contributed by atoms with E-state index < -0.39 is 0 Å². The van der Waals surface area contributed by atoms with Gasteiger partial charge < -0.3 is 4.74 Å². The Bertz CT molecular complexity index is 708. The first-order valence-corrected chi connectivity index (χ1v) is 7.85. The summed E-state index contributed by atoms with van der Waals surface area (Å²) in [6, 6.07) is 17.0. The number of fused-ring (bicyclic) bond motifs is 1. The van der Waals surface area contributed by atoms with Crippen LogP contribution in [0.1, 0.15) is 49.1 Å². The Balaban J connectivity index is 1.82. The molecule has 1 heterocycles. The summed E-state index contributed by atoms with van der Waals surface area (Å²) in [5.74, 6) is 6.54. The molecule has 1 aliphatic rings. The Morgan fingerprint density at radius 2 is 1.73 bits per heavy atom. The molecule has 0 saturated heterocycles. The first-order chi connectivity index (χ1) is 10.5. The highest BCUT2D eigenvalue weighted by Crippen LogP contribution is 2.26. The van der Waals surface area contributed by atoms with Gasteiger partial charge in [0.05, 0.1) is 6.61 Å². The van der Waals surface area contributed by atoms with Crippen LogP contribution in [0.3, 0.4) is 0 Å². The SMILES string of the molecule is CC(C)(C)c1ccc(C#CC2OCCc3ccccc32)cc1. The van der Waals surface area contributed by atoms with Gasteiger partial charge >= 0.3 is 0 Å². The highest BCUT2D eigenvalue weighted by Gasteiger charge is 2.18. The lowest BCUT2D eigenvalue weighted by molar-refractivity contribution is 0.0814. The average molecular weight is 290 g/mol. The second-order valence-corrected chi connectivity index (χ2v) is 6.80. The van der Waals surface area contributed by atoms with Crippen LogP contribution in [0.2, 0.25) is 0 Å². The molecule has 112 valence electrons. The van der Waals surface area contributed by atoms with Crippen molar-refractivity contribution in [3.05, 3.63) is 70.8 Å². The van der Waals surface area contributed by atoms with Gasteiger partial charge in [-0.25, -0.2) is 0 Å². The van der Waals surface area contributed by atoms with Gasteiger partial charge in [0.1, 0.15) is 6.10 Å². The van der Waals surface area contributed by atoms with Crippen molar-refractivity contribution in [1.82, 2.24) is 0 Å². The zero-order valence-electron chi connectivity index (χ0n) is 13.5. The van der Waals surface area contributed by atoms with Crippen molar-refractivity contribution in [1.29, 1.82) is 0 Å². The van der Waals surface area contributed by atoms with E-state index in [0.717, 1.165) is 18.6 Å². The third-order valence-electron chi connectivity index (χ3n) is 4.09. The molecule has 0 N–H and O–H groups in total. The fraction of sp³-hybridized carbons (Fsp3) is 0.333. The van der Waals surface area contributed by atoms with Crippen molar-refractivity contribution in [2.45, 2.75) is 38.7 Å². The average Bonchev–Trinajstić information content (AvgIpc) is 2.52. The Hall–Kier alpha value is -2.04. The van der Waals surface area contributed by atoms with Gasteiger partial charge in [-0.3, -0.25) is 0 Å². The quantitative estimate of drug-likeness (QED) is 0.642. The molecule has 2 aromatic carbocycles. The van der Waals surface area contributed by atoms with Crippen molar-refractivity contribution in [2.24, 2.45) is 0 Å². The molecular weight excluding hydrogens is 268 g/mol. The van der Waals surface area contributed by atoms with Crippen LogP contribution in [0.4, 0.5) is 0 Å². The molecule has 0 amide bonds. The summed E-state index contributed by atoms with van der Waals surface area (Å²) in [6.07, 6.45) is 0.876. The molecule has 0 radical (unpaired) electrons. The van der Waals surface area contributed by atoms with Crippen LogP contribution in [0.25, 0.3) is 0 Å². The zero-order chi connectivity index (χ0) is 15.6. The van der Waals surface area contributed by atoms with E-state index in [2.05, 4.69) is 81.1 Å². The fourth-order valence-corrected chi connectivity index (χ4v) is 2.72. The predicted molar refractivity (Wildman–Crippen MR) is 90.9 cm³/mol. The normalized spacial score (nSPS) is 17.3. The maximum Gasteiger partial charge on any atom is 0.144 e. The molecule has 1 nitrogen and oxygen atoms in total. The topological polar surface area (TPSA) is 9.23 Å². The van der Waals surface area contributed by atoms with Crippen molar-refractivity contribution in [3.8, 4) is 11.8 Å². The third kappa shape index (κ3) is 3.24. The first kappa shape index (κ1) is 14.9. The number of benzene rings is 2. The first-order valence-electron chi connectivity index (χ1n) is 7.85. The predicted octanol–water partition coefficient (Wildman–Crippen LogP) is 4.65. The molecule has 0 aliphatic carbocycles. The lowest BCUT2D eigenvalue weighted by atomic mass is 9.87. The summed E-state index contributed by atoms with van der Waals surface area (Å²) < 4.78 is 5.83. The van der Waals surface area contributed by atoms with Gasteiger partial charge in [0.15, 0.2) is 0 Å². The summed E-state index contributed by atoms with van der Waals surface area (Å²) in [5, 5.41) is 0. The van der Waals surface area contributed by atoms with Crippen LogP contribution in [0.15, 0.2) is 48.5 Å². The highest BCUT2D eigenvalue weighted by molar-refractivity contribution is 5.41. The smallest absolute Gasteiger partial charge is 0.144 e. The van der Waals surface area contributed by atoms with Gasteiger partial charge in [0, 0.05) is 5.56 Å². The third-order valence-corrected chi connectivity index (χ3v) is 4.09. The summed E-state index contributed by atoms with van der Waals surface area (Å²) in [5.41, 5.74) is 5.12. The Labute approximate surface area is 133 Å². The van der Waals surface area contributed by atoms with Crippen LogP contribution >= 0.6 is 0 Å². The van der Waals surface area contributed by atoms with E-state index in [-0.39, 0.29) is 11.5 Å². The van der Waals surface area contributed by atoms with Gasteiger partial charge in [-0.05, 0) is 40.7 Å². The second-order valence-electron chi connectivity index (χ2n) is 6.80. The fourth-order valence-electron chi connectivity index (χ4n) is 2.72. The molecule has 1 aliphatic heterocycles. The van der Waals surface area contributed by atoms with Crippen molar-refractivity contribution in [3.63, 3.8) is 0 Å². The molecule has 1 heteroatoms. The molecule has 2 aromatic rings. The minimum atomic E-state index is -0.104. The van der Waals surface area contributed by atoms with Crippen LogP contribution in [0.5, 0.6) is 0 Å². The van der Waals surface area contributed by atoms with Crippen LogP contribution in [-0.2, 0) is 16.6 Å². The molecule has 0 spiro atoms. The zero-order valence-corrected chi connectivity index (χ0v) is 13.5. The van der Waals surface area contributed by atoms with Gasteiger partial charge in [-0.2, -0.15) is 0 Å². The Kier molecular flexibility index (Phi) is 4.05. The molecule has 1 unspecified atom stereocenters. The Morgan fingerprint density at radius 1 is 1.00 bits per heavy atom. The monoisotopic (exact) mass is 290 g/mol. The van der Waals surface area contributed by atoms with Crippen LogP contribution in [-0.4, -0.2) is 6.61 Å². The summed E-state index contributed by atoms with van der Waals surface area (Å²) in [6.45, 7) is 7.42. The minimum absolute atomic E-state index is 0.104. The van der Waals surface area contributed by atoms with Gasteiger partial charge in [-0.1, -0.05) is 69.0 Å². The molecule has 1 atom stereocenters. The molecule has 0 fully saturated rings. The lowest BCUT2D eigenvalue weighted by Gasteiger charge is -2.22. The second kappa shape index (κ2) is 5.99. The van der Waals surface area contributed by atoms with E-state index in [1.807, 2.05) is 0 Å². The summed E-state index contributed by atoms with van der Waals surface area (Å²) in [4.78, 5) is 0. The van der Waals surface area contributed by atoms with E-state index >= 15 is 0 Å². The van der Waals surface area contributed by atoms with Crippen LogP contribution < -0.4 is 0 Å². The molecule has 22 heavy (non-hydrogen) atoms. The lowest BCUT2D eigenvalue weighted by Crippen LogP contribution is -2.14. The standard InChI is InChI=1S/C21H22O/c1-21(2,3)18-11-8-16(9-12-18)10-13-20-19-7-5-4-6-17(19)14-15-22-20/h4-9,11-12,20H,14-15H2,1-3H3. The van der Waals surface area contributed by atoms with Gasteiger partial charge in [0.2, 0.25) is 0 Å². The molecule has 0 bridgehead atoms. The number of hydrogen-bond acceptors (Lipinski definition) is 1. The molecular formula is C21H22O. The van der Waals surface area contributed by atoms with E-state index in [1.165, 1.54) is 16.7 Å². The maximum absolute atomic E-state index is 5.83. The molecule has 3 rings (SSSR count).